The number of phenols is 2. The molecule has 0 amide bonds. The van der Waals surface area contributed by atoms with Crippen molar-refractivity contribution in [2.45, 2.75) is 105 Å². The third kappa shape index (κ3) is 10.1. The maximum Gasteiger partial charge on any atom is 0.339 e. The van der Waals surface area contributed by atoms with Gasteiger partial charge in [0.25, 0.3) is 0 Å². The Kier molecular flexibility index (Phi) is 12.7. The highest BCUT2D eigenvalue weighted by molar-refractivity contribution is 5.93. The van der Waals surface area contributed by atoms with E-state index in [0.29, 0.717) is 24.0 Å². The molecule has 0 fully saturated rings. The zero-order chi connectivity index (χ0) is 23.2. The lowest BCUT2D eigenvalue weighted by Crippen LogP contribution is -2.06. The molecule has 31 heavy (non-hydrogen) atoms. The van der Waals surface area contributed by atoms with Gasteiger partial charge in [0.05, 0.1) is 0 Å². The van der Waals surface area contributed by atoms with Crippen LogP contribution in [0, 0.1) is 0 Å². The number of aromatic hydroxyl groups is 2. The molecule has 174 valence electrons. The van der Waals surface area contributed by atoms with Crippen LogP contribution in [0.1, 0.15) is 113 Å². The lowest BCUT2D eigenvalue weighted by atomic mass is 9.94. The smallest absolute Gasteiger partial charge is 0.339 e. The van der Waals surface area contributed by atoms with Crippen LogP contribution in [0.3, 0.4) is 0 Å². The maximum atomic E-state index is 11.8. The molecule has 0 bridgehead atoms. The molecule has 3 N–H and O–H groups in total. The van der Waals surface area contributed by atoms with Gasteiger partial charge in [0, 0.05) is 5.56 Å². The fourth-order valence-corrected chi connectivity index (χ4v) is 3.80. The van der Waals surface area contributed by atoms with E-state index < -0.39 is 5.97 Å². The molecule has 0 aromatic heterocycles. The molecular weight excluding hydrogens is 388 g/mol. The summed E-state index contributed by atoms with van der Waals surface area (Å²) in [6, 6.07) is 1.53. The van der Waals surface area contributed by atoms with Crippen LogP contribution in [-0.4, -0.2) is 21.3 Å². The number of rotatable bonds is 15. The summed E-state index contributed by atoms with van der Waals surface area (Å²) in [4.78, 5) is 11.8. The number of phenolic OH excluding ortho intramolecular Hbond substituents is 1. The van der Waals surface area contributed by atoms with Crippen molar-refractivity contribution in [3.05, 3.63) is 46.1 Å². The predicted molar refractivity (Wildman–Crippen MR) is 129 cm³/mol. The number of carboxylic acids is 1. The average molecular weight is 431 g/mol. The number of aromatic carboxylic acids is 1. The minimum absolute atomic E-state index is 0.0228. The van der Waals surface area contributed by atoms with E-state index in [0.717, 1.165) is 37.7 Å². The predicted octanol–water partition coefficient (Wildman–Crippen LogP) is 7.71. The first-order valence-corrected chi connectivity index (χ1v) is 11.9. The van der Waals surface area contributed by atoms with E-state index in [9.17, 15) is 20.1 Å². The second-order valence-corrected chi connectivity index (χ2v) is 8.86. The number of unbranched alkanes of at least 4 members (excludes halogenated alkanes) is 7. The van der Waals surface area contributed by atoms with Crippen molar-refractivity contribution in [1.82, 2.24) is 0 Å². The number of hydrogen-bond acceptors (Lipinski definition) is 3. The summed E-state index contributed by atoms with van der Waals surface area (Å²) >= 11 is 0. The summed E-state index contributed by atoms with van der Waals surface area (Å²) < 4.78 is 0. The summed E-state index contributed by atoms with van der Waals surface area (Å²) in [6.45, 7) is 8.36. The molecule has 4 nitrogen and oxygen atoms in total. The van der Waals surface area contributed by atoms with Gasteiger partial charge in [0.15, 0.2) is 0 Å². The summed E-state index contributed by atoms with van der Waals surface area (Å²) in [6.07, 6.45) is 16.1. The van der Waals surface area contributed by atoms with Crippen LogP contribution in [0.15, 0.2) is 29.4 Å². The van der Waals surface area contributed by atoms with Crippen molar-refractivity contribution >= 4 is 5.97 Å². The molecule has 0 aliphatic carbocycles. The van der Waals surface area contributed by atoms with Crippen molar-refractivity contribution in [2.24, 2.45) is 0 Å². The molecule has 0 aliphatic heterocycles. The van der Waals surface area contributed by atoms with Crippen molar-refractivity contribution in [1.29, 1.82) is 0 Å². The van der Waals surface area contributed by atoms with Crippen LogP contribution in [0.5, 0.6) is 11.5 Å². The Morgan fingerprint density at radius 2 is 1.55 bits per heavy atom. The highest BCUT2D eigenvalue weighted by Crippen LogP contribution is 2.35. The lowest BCUT2D eigenvalue weighted by molar-refractivity contribution is 0.0692. The van der Waals surface area contributed by atoms with Crippen molar-refractivity contribution in [2.75, 3.05) is 0 Å². The number of hydrogen-bond donors (Lipinski definition) is 3. The van der Waals surface area contributed by atoms with E-state index in [2.05, 4.69) is 26.8 Å². The molecule has 0 spiro atoms. The first-order valence-electron chi connectivity index (χ1n) is 11.9. The molecular formula is C27H42O4. The number of allylic oxidation sites excluding steroid dienone is 4. The van der Waals surface area contributed by atoms with Crippen LogP contribution >= 0.6 is 0 Å². The molecule has 0 radical (unpaired) electrons. The van der Waals surface area contributed by atoms with E-state index in [1.165, 1.54) is 43.7 Å². The van der Waals surface area contributed by atoms with Crippen molar-refractivity contribution in [3.63, 3.8) is 0 Å². The molecule has 1 rings (SSSR count). The quantitative estimate of drug-likeness (QED) is 0.197. The third-order valence-corrected chi connectivity index (χ3v) is 5.72. The highest BCUT2D eigenvalue weighted by Gasteiger charge is 2.21. The topological polar surface area (TPSA) is 77.8 Å². The SMILES string of the molecule is CCCCCCCCCCc1cc(O)c(C/C=C(\C)CCC=C(C)C)c(O)c1C(=O)O. The standard InChI is InChI=1S/C27H42O4/c1-5-6-7-8-9-10-11-12-16-22-19-24(28)23(26(29)25(22)27(30)31)18-17-21(4)15-13-14-20(2)3/h14,17,19,28-29H,5-13,15-16,18H2,1-4H3,(H,30,31)/b21-17+. The summed E-state index contributed by atoms with van der Waals surface area (Å²) in [5.74, 6) is -1.46. The first-order chi connectivity index (χ1) is 14.8. The summed E-state index contributed by atoms with van der Waals surface area (Å²) in [5.41, 5.74) is 3.17. The lowest BCUT2D eigenvalue weighted by Gasteiger charge is -2.14. The molecule has 0 atom stereocenters. The van der Waals surface area contributed by atoms with Gasteiger partial charge in [-0.1, -0.05) is 75.2 Å². The number of benzene rings is 1. The second-order valence-electron chi connectivity index (χ2n) is 8.86. The van der Waals surface area contributed by atoms with E-state index in [1.54, 1.807) is 0 Å². The Bertz CT molecular complexity index is 755. The Morgan fingerprint density at radius 3 is 2.13 bits per heavy atom. The Morgan fingerprint density at radius 1 is 0.935 bits per heavy atom. The minimum Gasteiger partial charge on any atom is -0.508 e. The number of aryl methyl sites for hydroxylation is 1. The van der Waals surface area contributed by atoms with Gasteiger partial charge in [-0.15, -0.1) is 0 Å². The number of carbonyl (C=O) groups is 1. The molecule has 0 saturated carbocycles. The normalized spacial score (nSPS) is 11.5. The van der Waals surface area contributed by atoms with E-state index in [4.69, 9.17) is 0 Å². The maximum absolute atomic E-state index is 11.8. The van der Waals surface area contributed by atoms with Gasteiger partial charge >= 0.3 is 5.97 Å². The van der Waals surface area contributed by atoms with Crippen LogP contribution in [0.25, 0.3) is 0 Å². The first kappa shape index (κ1) is 26.8. The Balaban J connectivity index is 2.77. The van der Waals surface area contributed by atoms with Gasteiger partial charge in [0.2, 0.25) is 0 Å². The summed E-state index contributed by atoms with van der Waals surface area (Å²) in [5, 5.41) is 30.8. The van der Waals surface area contributed by atoms with Gasteiger partial charge in [-0.05, 0) is 64.5 Å². The van der Waals surface area contributed by atoms with Crippen LogP contribution in [-0.2, 0) is 12.8 Å². The van der Waals surface area contributed by atoms with E-state index in [-0.39, 0.29) is 17.1 Å². The Hall–Kier alpha value is -2.23. The molecule has 1 aromatic carbocycles. The highest BCUT2D eigenvalue weighted by atomic mass is 16.4. The van der Waals surface area contributed by atoms with Gasteiger partial charge in [0.1, 0.15) is 17.1 Å². The molecule has 4 heteroatoms. The van der Waals surface area contributed by atoms with Crippen molar-refractivity contribution in [3.8, 4) is 11.5 Å². The van der Waals surface area contributed by atoms with Crippen molar-refractivity contribution < 1.29 is 20.1 Å². The molecule has 1 aromatic rings. The number of carboxylic acid groups (broad SMARTS) is 1. The molecule has 0 heterocycles. The largest absolute Gasteiger partial charge is 0.508 e. The van der Waals surface area contributed by atoms with Gasteiger partial charge < -0.3 is 15.3 Å². The second kappa shape index (κ2) is 14.7. The van der Waals surface area contributed by atoms with Gasteiger partial charge in [-0.2, -0.15) is 0 Å². The minimum atomic E-state index is -1.14. The molecule has 0 unspecified atom stereocenters. The fraction of sp³-hybridized carbons (Fsp3) is 0.593. The zero-order valence-electron chi connectivity index (χ0n) is 20.0. The summed E-state index contributed by atoms with van der Waals surface area (Å²) in [7, 11) is 0. The Labute approximate surface area is 188 Å². The third-order valence-electron chi connectivity index (χ3n) is 5.72. The zero-order valence-corrected chi connectivity index (χ0v) is 20.0. The monoisotopic (exact) mass is 430 g/mol. The fourth-order valence-electron chi connectivity index (χ4n) is 3.80. The van der Waals surface area contributed by atoms with Gasteiger partial charge in [-0.3, -0.25) is 0 Å². The van der Waals surface area contributed by atoms with Crippen LogP contribution in [0.2, 0.25) is 0 Å². The average Bonchev–Trinajstić information content (AvgIpc) is 2.69. The van der Waals surface area contributed by atoms with Crippen LogP contribution in [0.4, 0.5) is 0 Å². The molecule has 0 aliphatic rings. The van der Waals surface area contributed by atoms with Gasteiger partial charge in [-0.25, -0.2) is 4.79 Å². The van der Waals surface area contributed by atoms with E-state index >= 15 is 0 Å². The van der Waals surface area contributed by atoms with Crippen LogP contribution < -0.4 is 0 Å². The van der Waals surface area contributed by atoms with E-state index in [1.807, 2.05) is 13.0 Å². The molecule has 0 saturated heterocycles.